The monoisotopic (exact) mass is 220 g/mol. The van der Waals surface area contributed by atoms with Gasteiger partial charge in [-0.3, -0.25) is 0 Å². The first-order valence-electron chi connectivity index (χ1n) is 4.40. The summed E-state index contributed by atoms with van der Waals surface area (Å²) in [6.45, 7) is 0. The Labute approximate surface area is 90.5 Å². The Balaban J connectivity index is 2.42. The predicted octanol–water partition coefficient (Wildman–Crippen LogP) is 1.44. The Morgan fingerprint density at radius 3 is 2.81 bits per heavy atom. The van der Waals surface area contributed by atoms with Gasteiger partial charge in [-0.25, -0.2) is 9.78 Å². The SMILES string of the molecule is COc1ccc(-c2oncc2C(=O)O)cn1. The second-order valence-corrected chi connectivity index (χ2v) is 2.96. The van der Waals surface area contributed by atoms with Gasteiger partial charge in [0, 0.05) is 17.8 Å². The normalized spacial score (nSPS) is 10.1. The van der Waals surface area contributed by atoms with Gasteiger partial charge in [0.2, 0.25) is 5.88 Å². The van der Waals surface area contributed by atoms with Crippen LogP contribution in [0.25, 0.3) is 11.3 Å². The van der Waals surface area contributed by atoms with E-state index in [1.165, 1.54) is 13.3 Å². The molecule has 0 aliphatic heterocycles. The summed E-state index contributed by atoms with van der Waals surface area (Å²) in [6, 6.07) is 3.27. The van der Waals surface area contributed by atoms with E-state index in [9.17, 15) is 4.79 Å². The second-order valence-electron chi connectivity index (χ2n) is 2.96. The minimum atomic E-state index is -1.09. The van der Waals surface area contributed by atoms with Crippen LogP contribution < -0.4 is 4.74 Å². The van der Waals surface area contributed by atoms with Gasteiger partial charge in [-0.2, -0.15) is 0 Å². The standard InChI is InChI=1S/C10H8N2O4/c1-15-8-3-2-6(4-11-8)9-7(10(13)14)5-12-16-9/h2-5H,1H3,(H,13,14). The van der Waals surface area contributed by atoms with E-state index in [2.05, 4.69) is 10.1 Å². The Morgan fingerprint density at radius 2 is 2.25 bits per heavy atom. The molecule has 2 aromatic rings. The molecule has 0 fully saturated rings. The third kappa shape index (κ3) is 1.72. The fraction of sp³-hybridized carbons (Fsp3) is 0.100. The third-order valence-electron chi connectivity index (χ3n) is 2.01. The van der Waals surface area contributed by atoms with Crippen LogP contribution in [0.15, 0.2) is 29.0 Å². The zero-order valence-corrected chi connectivity index (χ0v) is 8.38. The van der Waals surface area contributed by atoms with E-state index in [1.54, 1.807) is 12.1 Å². The molecule has 2 rings (SSSR count). The van der Waals surface area contributed by atoms with E-state index in [0.29, 0.717) is 11.4 Å². The van der Waals surface area contributed by atoms with Crippen molar-refractivity contribution in [2.75, 3.05) is 7.11 Å². The molecule has 82 valence electrons. The highest BCUT2D eigenvalue weighted by molar-refractivity contribution is 5.93. The number of aromatic carboxylic acids is 1. The van der Waals surface area contributed by atoms with Crippen LogP contribution in [0.4, 0.5) is 0 Å². The third-order valence-corrected chi connectivity index (χ3v) is 2.01. The van der Waals surface area contributed by atoms with Gasteiger partial charge in [0.25, 0.3) is 0 Å². The molecule has 0 spiro atoms. The minimum absolute atomic E-state index is 0.00645. The lowest BCUT2D eigenvalue weighted by molar-refractivity contribution is 0.0697. The van der Waals surface area contributed by atoms with Gasteiger partial charge >= 0.3 is 5.97 Å². The molecule has 1 N–H and O–H groups in total. The molecular formula is C10H8N2O4. The van der Waals surface area contributed by atoms with Crippen molar-refractivity contribution in [1.29, 1.82) is 0 Å². The van der Waals surface area contributed by atoms with Gasteiger partial charge in [-0.05, 0) is 6.07 Å². The molecule has 6 nitrogen and oxygen atoms in total. The van der Waals surface area contributed by atoms with Crippen LogP contribution in [0.2, 0.25) is 0 Å². The van der Waals surface area contributed by atoms with Gasteiger partial charge < -0.3 is 14.4 Å². The predicted molar refractivity (Wildman–Crippen MR) is 53.2 cm³/mol. The average molecular weight is 220 g/mol. The summed E-state index contributed by atoms with van der Waals surface area (Å²) in [5.41, 5.74) is 0.544. The summed E-state index contributed by atoms with van der Waals surface area (Å²) in [7, 11) is 1.50. The quantitative estimate of drug-likeness (QED) is 0.842. The summed E-state index contributed by atoms with van der Waals surface area (Å²) in [5, 5.41) is 12.3. The van der Waals surface area contributed by atoms with Crippen LogP contribution >= 0.6 is 0 Å². The maximum absolute atomic E-state index is 10.8. The molecule has 0 aromatic carbocycles. The van der Waals surface area contributed by atoms with Crippen LogP contribution in [0.5, 0.6) is 5.88 Å². The summed E-state index contributed by atoms with van der Waals surface area (Å²) < 4.78 is 9.76. The Kier molecular flexibility index (Phi) is 2.55. The fourth-order valence-electron chi connectivity index (χ4n) is 1.24. The van der Waals surface area contributed by atoms with E-state index in [1.807, 2.05) is 0 Å². The number of aromatic nitrogens is 2. The highest BCUT2D eigenvalue weighted by Crippen LogP contribution is 2.23. The molecule has 0 radical (unpaired) electrons. The Bertz CT molecular complexity index is 504. The molecule has 0 amide bonds. The maximum atomic E-state index is 10.8. The van der Waals surface area contributed by atoms with E-state index in [0.717, 1.165) is 6.20 Å². The highest BCUT2D eigenvalue weighted by Gasteiger charge is 2.16. The average Bonchev–Trinajstić information content (AvgIpc) is 2.78. The zero-order chi connectivity index (χ0) is 11.5. The molecule has 6 heteroatoms. The van der Waals surface area contributed by atoms with Gasteiger partial charge in [-0.1, -0.05) is 5.16 Å². The number of hydrogen-bond donors (Lipinski definition) is 1. The lowest BCUT2D eigenvalue weighted by atomic mass is 10.1. The van der Waals surface area contributed by atoms with Gasteiger partial charge in [0.05, 0.1) is 13.3 Å². The number of carbonyl (C=O) groups is 1. The molecule has 0 aliphatic rings. The van der Waals surface area contributed by atoms with Crippen LogP contribution in [0, 0.1) is 0 Å². The Morgan fingerprint density at radius 1 is 1.44 bits per heavy atom. The second kappa shape index (κ2) is 4.01. The molecule has 0 bridgehead atoms. The van der Waals surface area contributed by atoms with Crippen molar-refractivity contribution in [2.45, 2.75) is 0 Å². The first-order chi connectivity index (χ1) is 7.72. The summed E-state index contributed by atoms with van der Waals surface area (Å²) >= 11 is 0. The smallest absolute Gasteiger partial charge is 0.341 e. The fourth-order valence-corrected chi connectivity index (χ4v) is 1.24. The largest absolute Gasteiger partial charge is 0.481 e. The lowest BCUT2D eigenvalue weighted by Crippen LogP contribution is -1.96. The topological polar surface area (TPSA) is 85.5 Å². The van der Waals surface area contributed by atoms with Crippen LogP contribution in [0.3, 0.4) is 0 Å². The van der Waals surface area contributed by atoms with Crippen molar-refractivity contribution >= 4 is 5.97 Å². The molecule has 2 heterocycles. The number of carboxylic acid groups (broad SMARTS) is 1. The van der Waals surface area contributed by atoms with Gasteiger partial charge in [0.1, 0.15) is 5.56 Å². The molecule has 2 aromatic heterocycles. The number of hydrogen-bond acceptors (Lipinski definition) is 5. The number of nitrogens with zero attached hydrogens (tertiary/aromatic N) is 2. The van der Waals surface area contributed by atoms with Crippen molar-refractivity contribution in [2.24, 2.45) is 0 Å². The summed E-state index contributed by atoms with van der Waals surface area (Å²) in [5.74, 6) is -0.463. The number of ether oxygens (including phenoxy) is 1. The first-order valence-corrected chi connectivity index (χ1v) is 4.40. The van der Waals surface area contributed by atoms with Crippen LogP contribution in [-0.4, -0.2) is 28.3 Å². The van der Waals surface area contributed by atoms with Crippen molar-refractivity contribution in [3.8, 4) is 17.2 Å². The number of methoxy groups -OCH3 is 1. The van der Waals surface area contributed by atoms with Crippen LogP contribution in [-0.2, 0) is 0 Å². The molecular weight excluding hydrogens is 212 g/mol. The minimum Gasteiger partial charge on any atom is -0.481 e. The number of carboxylic acids is 1. The zero-order valence-electron chi connectivity index (χ0n) is 8.38. The summed E-state index contributed by atoms with van der Waals surface area (Å²) in [4.78, 5) is 14.8. The van der Waals surface area contributed by atoms with E-state index < -0.39 is 5.97 Å². The molecule has 0 saturated heterocycles. The lowest BCUT2D eigenvalue weighted by Gasteiger charge is -1.99. The molecule has 0 aliphatic carbocycles. The number of rotatable bonds is 3. The first kappa shape index (κ1) is 10.2. The Hall–Kier alpha value is -2.37. The van der Waals surface area contributed by atoms with Crippen molar-refractivity contribution < 1.29 is 19.2 Å². The molecule has 0 atom stereocenters. The maximum Gasteiger partial charge on any atom is 0.341 e. The van der Waals surface area contributed by atoms with E-state index in [-0.39, 0.29) is 11.3 Å². The van der Waals surface area contributed by atoms with Crippen molar-refractivity contribution in [3.63, 3.8) is 0 Å². The van der Waals surface area contributed by atoms with Crippen molar-refractivity contribution in [1.82, 2.24) is 10.1 Å². The van der Waals surface area contributed by atoms with Crippen LogP contribution in [0.1, 0.15) is 10.4 Å². The number of pyridine rings is 1. The van der Waals surface area contributed by atoms with Crippen molar-refractivity contribution in [3.05, 3.63) is 30.1 Å². The molecule has 0 saturated carbocycles. The highest BCUT2D eigenvalue weighted by atomic mass is 16.5. The molecule has 0 unspecified atom stereocenters. The van der Waals surface area contributed by atoms with Gasteiger partial charge in [-0.15, -0.1) is 0 Å². The van der Waals surface area contributed by atoms with E-state index >= 15 is 0 Å². The van der Waals surface area contributed by atoms with Gasteiger partial charge in [0.15, 0.2) is 5.76 Å². The summed E-state index contributed by atoms with van der Waals surface area (Å²) in [6.07, 6.45) is 2.62. The van der Waals surface area contributed by atoms with E-state index in [4.69, 9.17) is 14.4 Å². The molecule has 16 heavy (non-hydrogen) atoms.